The Hall–Kier alpha value is -0.380. The lowest BCUT2D eigenvalue weighted by Gasteiger charge is -2.24. The fraction of sp³-hybridized carbons (Fsp3) is 0.750. The second-order valence-corrected chi connectivity index (χ2v) is 6.90. The molecule has 1 saturated carbocycles. The van der Waals surface area contributed by atoms with Crippen molar-refractivity contribution in [1.82, 2.24) is 5.32 Å². The van der Waals surface area contributed by atoms with Gasteiger partial charge in [0.25, 0.3) is 0 Å². The van der Waals surface area contributed by atoms with Crippen LogP contribution in [0.2, 0.25) is 0 Å². The number of nitrogens with one attached hydrogen (secondary N) is 1. The largest absolute Gasteiger partial charge is 0.396 e. The Morgan fingerprint density at radius 1 is 1.42 bits per heavy atom. The van der Waals surface area contributed by atoms with Gasteiger partial charge < -0.3 is 10.4 Å². The standard InChI is InChI=1S/C16H27NOS/c1-13(12-18)6-4-10-17-16(14-7-2-3-8-14)15-9-5-11-19-15/h5,9,11,13-14,16-18H,2-4,6-8,10,12H2,1H3. The van der Waals surface area contributed by atoms with Gasteiger partial charge in [0, 0.05) is 17.5 Å². The number of aliphatic hydroxyl groups is 1. The molecule has 1 aromatic heterocycles. The van der Waals surface area contributed by atoms with Gasteiger partial charge in [-0.2, -0.15) is 0 Å². The van der Waals surface area contributed by atoms with E-state index in [1.54, 1.807) is 0 Å². The molecule has 1 aliphatic carbocycles. The van der Waals surface area contributed by atoms with E-state index in [0.29, 0.717) is 18.6 Å². The molecule has 1 heterocycles. The quantitative estimate of drug-likeness (QED) is 0.706. The summed E-state index contributed by atoms with van der Waals surface area (Å²) in [4.78, 5) is 1.50. The average Bonchev–Trinajstić information content (AvgIpc) is 3.11. The minimum Gasteiger partial charge on any atom is -0.396 e. The summed E-state index contributed by atoms with van der Waals surface area (Å²) in [5.41, 5.74) is 0. The van der Waals surface area contributed by atoms with E-state index in [0.717, 1.165) is 25.3 Å². The first-order chi connectivity index (χ1) is 9.31. The Morgan fingerprint density at radius 2 is 2.21 bits per heavy atom. The third-order valence-electron chi connectivity index (χ3n) is 4.27. The van der Waals surface area contributed by atoms with Gasteiger partial charge in [0.15, 0.2) is 0 Å². The zero-order valence-corrected chi connectivity index (χ0v) is 12.8. The molecule has 0 saturated heterocycles. The van der Waals surface area contributed by atoms with Crippen LogP contribution in [0.15, 0.2) is 17.5 Å². The topological polar surface area (TPSA) is 32.3 Å². The predicted octanol–water partition coefficient (Wildman–Crippen LogP) is 3.98. The van der Waals surface area contributed by atoms with Crippen molar-refractivity contribution in [2.45, 2.75) is 51.5 Å². The Kier molecular flexibility index (Phi) is 6.35. The monoisotopic (exact) mass is 281 g/mol. The summed E-state index contributed by atoms with van der Waals surface area (Å²) >= 11 is 1.88. The van der Waals surface area contributed by atoms with Crippen molar-refractivity contribution in [1.29, 1.82) is 0 Å². The van der Waals surface area contributed by atoms with E-state index in [4.69, 9.17) is 5.11 Å². The third kappa shape index (κ3) is 4.59. The van der Waals surface area contributed by atoms with Crippen molar-refractivity contribution < 1.29 is 5.11 Å². The number of aliphatic hydroxyl groups excluding tert-OH is 1. The van der Waals surface area contributed by atoms with Crippen molar-refractivity contribution >= 4 is 11.3 Å². The summed E-state index contributed by atoms with van der Waals surface area (Å²) in [5.74, 6) is 1.27. The molecule has 108 valence electrons. The lowest BCUT2D eigenvalue weighted by molar-refractivity contribution is 0.227. The Labute approximate surface area is 121 Å². The van der Waals surface area contributed by atoms with Crippen LogP contribution in [-0.2, 0) is 0 Å². The smallest absolute Gasteiger partial charge is 0.0456 e. The highest BCUT2D eigenvalue weighted by Gasteiger charge is 2.26. The lowest BCUT2D eigenvalue weighted by atomic mass is 9.96. The minimum absolute atomic E-state index is 0.316. The van der Waals surface area contributed by atoms with E-state index >= 15 is 0 Å². The molecule has 0 aliphatic heterocycles. The zero-order valence-electron chi connectivity index (χ0n) is 12.0. The van der Waals surface area contributed by atoms with Gasteiger partial charge in [0.05, 0.1) is 0 Å². The predicted molar refractivity (Wildman–Crippen MR) is 82.5 cm³/mol. The second-order valence-electron chi connectivity index (χ2n) is 5.92. The van der Waals surface area contributed by atoms with Crippen LogP contribution >= 0.6 is 11.3 Å². The van der Waals surface area contributed by atoms with Crippen LogP contribution in [0, 0.1) is 11.8 Å². The van der Waals surface area contributed by atoms with Crippen molar-refractivity contribution in [2.24, 2.45) is 11.8 Å². The molecule has 0 aromatic carbocycles. The van der Waals surface area contributed by atoms with Crippen LogP contribution in [0.25, 0.3) is 0 Å². The van der Waals surface area contributed by atoms with Gasteiger partial charge in [-0.1, -0.05) is 25.8 Å². The van der Waals surface area contributed by atoms with E-state index in [2.05, 4.69) is 29.8 Å². The molecule has 0 spiro atoms. The summed E-state index contributed by atoms with van der Waals surface area (Å²) in [6, 6.07) is 5.00. The maximum atomic E-state index is 9.05. The minimum atomic E-state index is 0.316. The number of thiophene rings is 1. The molecule has 0 radical (unpaired) electrons. The number of hydrogen-bond acceptors (Lipinski definition) is 3. The van der Waals surface area contributed by atoms with Gasteiger partial charge in [0.2, 0.25) is 0 Å². The molecule has 2 N–H and O–H groups in total. The summed E-state index contributed by atoms with van der Waals surface area (Å²) in [6.07, 6.45) is 7.83. The van der Waals surface area contributed by atoms with Crippen molar-refractivity contribution in [3.05, 3.63) is 22.4 Å². The molecule has 0 amide bonds. The summed E-state index contributed by atoms with van der Waals surface area (Å²) in [6.45, 7) is 3.51. The lowest BCUT2D eigenvalue weighted by Crippen LogP contribution is -2.27. The molecule has 19 heavy (non-hydrogen) atoms. The fourth-order valence-corrected chi connectivity index (χ4v) is 3.95. The highest BCUT2D eigenvalue weighted by molar-refractivity contribution is 7.10. The first-order valence-corrected chi connectivity index (χ1v) is 8.57. The van der Waals surface area contributed by atoms with Gasteiger partial charge in [-0.15, -0.1) is 11.3 Å². The van der Waals surface area contributed by atoms with Gasteiger partial charge in [-0.05, 0) is 55.5 Å². The first kappa shape index (κ1) is 15.0. The van der Waals surface area contributed by atoms with Crippen LogP contribution in [0.4, 0.5) is 0 Å². The molecule has 2 nitrogen and oxygen atoms in total. The van der Waals surface area contributed by atoms with Gasteiger partial charge >= 0.3 is 0 Å². The highest BCUT2D eigenvalue weighted by atomic mass is 32.1. The van der Waals surface area contributed by atoms with Crippen LogP contribution in [0.3, 0.4) is 0 Å². The summed E-state index contributed by atoms with van der Waals surface area (Å²) < 4.78 is 0. The molecule has 1 aromatic rings. The normalized spacial score (nSPS) is 19.7. The summed E-state index contributed by atoms with van der Waals surface area (Å²) in [7, 11) is 0. The maximum Gasteiger partial charge on any atom is 0.0456 e. The van der Waals surface area contributed by atoms with Crippen LogP contribution in [0.1, 0.15) is 56.4 Å². The highest BCUT2D eigenvalue weighted by Crippen LogP contribution is 2.37. The van der Waals surface area contributed by atoms with E-state index in [9.17, 15) is 0 Å². The molecule has 1 aliphatic rings. The van der Waals surface area contributed by atoms with Crippen molar-refractivity contribution in [2.75, 3.05) is 13.2 Å². The van der Waals surface area contributed by atoms with Crippen LogP contribution in [-0.4, -0.2) is 18.3 Å². The maximum absolute atomic E-state index is 9.05. The van der Waals surface area contributed by atoms with Crippen LogP contribution < -0.4 is 5.32 Å². The molecule has 3 heteroatoms. The van der Waals surface area contributed by atoms with E-state index in [-0.39, 0.29) is 0 Å². The molecular weight excluding hydrogens is 254 g/mol. The Balaban J connectivity index is 1.81. The second kappa shape index (κ2) is 8.03. The van der Waals surface area contributed by atoms with Crippen molar-refractivity contribution in [3.63, 3.8) is 0 Å². The fourth-order valence-electron chi connectivity index (χ4n) is 3.06. The SMILES string of the molecule is CC(CO)CCCNC(c1cccs1)C1CCCC1. The third-order valence-corrected chi connectivity index (χ3v) is 5.23. The molecule has 0 bridgehead atoms. The average molecular weight is 281 g/mol. The summed E-state index contributed by atoms with van der Waals surface area (Å²) in [5, 5.41) is 15.0. The Morgan fingerprint density at radius 3 is 2.84 bits per heavy atom. The van der Waals surface area contributed by atoms with Gasteiger partial charge in [-0.3, -0.25) is 0 Å². The molecule has 2 rings (SSSR count). The van der Waals surface area contributed by atoms with E-state index < -0.39 is 0 Å². The van der Waals surface area contributed by atoms with E-state index in [1.807, 2.05) is 11.3 Å². The van der Waals surface area contributed by atoms with Gasteiger partial charge in [-0.25, -0.2) is 0 Å². The van der Waals surface area contributed by atoms with Crippen molar-refractivity contribution in [3.8, 4) is 0 Å². The van der Waals surface area contributed by atoms with E-state index in [1.165, 1.54) is 30.6 Å². The zero-order chi connectivity index (χ0) is 13.5. The molecule has 1 fully saturated rings. The molecule has 2 atom stereocenters. The number of hydrogen-bond donors (Lipinski definition) is 2. The first-order valence-electron chi connectivity index (χ1n) is 7.69. The van der Waals surface area contributed by atoms with Crippen LogP contribution in [0.5, 0.6) is 0 Å². The Bertz CT molecular complexity index is 333. The van der Waals surface area contributed by atoms with Gasteiger partial charge in [0.1, 0.15) is 0 Å². The number of rotatable bonds is 8. The molecular formula is C16H27NOS. The molecule has 2 unspecified atom stereocenters.